The van der Waals surface area contributed by atoms with Crippen LogP contribution in [0.15, 0.2) is 43.0 Å². The fraction of sp³-hybridized carbons (Fsp3) is 0.235. The highest BCUT2D eigenvalue weighted by molar-refractivity contribution is 5.87. The molecule has 1 N–H and O–H groups in total. The number of aromatic nitrogens is 2. The first-order chi connectivity index (χ1) is 11.1. The van der Waals surface area contributed by atoms with Gasteiger partial charge in [-0.25, -0.2) is 0 Å². The van der Waals surface area contributed by atoms with Crippen LogP contribution in [0, 0.1) is 0 Å². The van der Waals surface area contributed by atoms with E-state index in [1.165, 1.54) is 13.2 Å². The van der Waals surface area contributed by atoms with Crippen LogP contribution < -0.4 is 14.8 Å². The molecule has 0 saturated carbocycles. The van der Waals surface area contributed by atoms with Gasteiger partial charge >= 0.3 is 0 Å². The van der Waals surface area contributed by atoms with E-state index in [4.69, 9.17) is 9.47 Å². The van der Waals surface area contributed by atoms with E-state index in [0.29, 0.717) is 11.8 Å². The van der Waals surface area contributed by atoms with Gasteiger partial charge in [-0.05, 0) is 24.1 Å². The molecule has 0 fully saturated rings. The summed E-state index contributed by atoms with van der Waals surface area (Å²) in [5.74, 6) is 0.634. The predicted octanol–water partition coefficient (Wildman–Crippen LogP) is 2.52. The van der Waals surface area contributed by atoms with Crippen molar-refractivity contribution in [1.82, 2.24) is 15.5 Å². The Balaban J connectivity index is 2.29. The van der Waals surface area contributed by atoms with Crippen LogP contribution in [0.2, 0.25) is 0 Å². The molecule has 2 rings (SSSR count). The third-order valence-electron chi connectivity index (χ3n) is 3.41. The summed E-state index contributed by atoms with van der Waals surface area (Å²) in [5, 5.41) is 10.7. The van der Waals surface area contributed by atoms with E-state index in [0.717, 1.165) is 16.7 Å². The van der Waals surface area contributed by atoms with E-state index >= 15 is 0 Å². The molecule has 2 aromatic rings. The van der Waals surface area contributed by atoms with Gasteiger partial charge in [-0.2, -0.15) is 0 Å². The maximum atomic E-state index is 11.4. The van der Waals surface area contributed by atoms with Gasteiger partial charge < -0.3 is 14.8 Å². The van der Waals surface area contributed by atoms with Crippen molar-refractivity contribution in [2.75, 3.05) is 14.2 Å². The van der Waals surface area contributed by atoms with Gasteiger partial charge in [0.05, 0.1) is 25.8 Å². The van der Waals surface area contributed by atoms with Crippen LogP contribution in [0.5, 0.6) is 11.8 Å². The Morgan fingerprint density at radius 3 is 2.48 bits per heavy atom. The highest BCUT2D eigenvalue weighted by Crippen LogP contribution is 2.30. The standard InChI is InChI=1S/C17H19N3O3/c1-5-15(21)18-11(2)12-6-8-13(9-7-12)14-10-16(22-3)19-20-17(14)23-4/h5-11H,1H2,2-4H3,(H,18,21)/t11-/m1/s1. The molecule has 6 nitrogen and oxygen atoms in total. The molecule has 1 heterocycles. The Morgan fingerprint density at radius 2 is 1.91 bits per heavy atom. The second kappa shape index (κ2) is 7.40. The summed E-state index contributed by atoms with van der Waals surface area (Å²) in [6, 6.07) is 9.41. The predicted molar refractivity (Wildman–Crippen MR) is 87.3 cm³/mol. The molecule has 23 heavy (non-hydrogen) atoms. The lowest BCUT2D eigenvalue weighted by molar-refractivity contribution is -0.117. The second-order valence-electron chi connectivity index (χ2n) is 4.87. The molecule has 1 atom stereocenters. The van der Waals surface area contributed by atoms with Crippen molar-refractivity contribution in [3.8, 4) is 22.9 Å². The highest BCUT2D eigenvalue weighted by atomic mass is 16.5. The van der Waals surface area contributed by atoms with Gasteiger partial charge in [-0.3, -0.25) is 4.79 Å². The van der Waals surface area contributed by atoms with Gasteiger partial charge in [0.1, 0.15) is 0 Å². The first-order valence-electron chi connectivity index (χ1n) is 7.08. The number of amides is 1. The minimum atomic E-state index is -0.202. The molecule has 1 aromatic carbocycles. The Kier molecular flexibility index (Phi) is 5.30. The number of rotatable bonds is 6. The highest BCUT2D eigenvalue weighted by Gasteiger charge is 2.12. The van der Waals surface area contributed by atoms with Gasteiger partial charge in [-0.1, -0.05) is 30.8 Å². The van der Waals surface area contributed by atoms with Crippen LogP contribution in [0.1, 0.15) is 18.5 Å². The van der Waals surface area contributed by atoms with Crippen LogP contribution in [-0.4, -0.2) is 30.3 Å². The molecule has 0 aliphatic rings. The minimum Gasteiger partial charge on any atom is -0.480 e. The SMILES string of the molecule is C=CC(=O)N[C@H](C)c1ccc(-c2cc(OC)nnc2OC)cc1. The number of benzene rings is 1. The number of methoxy groups -OCH3 is 2. The maximum absolute atomic E-state index is 11.4. The molecule has 120 valence electrons. The van der Waals surface area contributed by atoms with Crippen molar-refractivity contribution in [2.45, 2.75) is 13.0 Å². The third kappa shape index (κ3) is 3.85. The average Bonchev–Trinajstić information content (AvgIpc) is 2.61. The van der Waals surface area contributed by atoms with Crippen LogP contribution in [0.4, 0.5) is 0 Å². The molecule has 0 spiro atoms. The molecule has 0 aliphatic carbocycles. The van der Waals surface area contributed by atoms with Crippen molar-refractivity contribution in [3.63, 3.8) is 0 Å². The van der Waals surface area contributed by atoms with E-state index < -0.39 is 0 Å². The molecule has 0 unspecified atom stereocenters. The number of carbonyl (C=O) groups excluding carboxylic acids is 1. The van der Waals surface area contributed by atoms with Gasteiger partial charge in [0.15, 0.2) is 0 Å². The van der Waals surface area contributed by atoms with E-state index in [2.05, 4.69) is 22.1 Å². The van der Waals surface area contributed by atoms with Crippen molar-refractivity contribution in [3.05, 3.63) is 48.6 Å². The van der Waals surface area contributed by atoms with Crippen molar-refractivity contribution in [2.24, 2.45) is 0 Å². The fourth-order valence-electron chi connectivity index (χ4n) is 2.13. The topological polar surface area (TPSA) is 73.3 Å². The summed E-state index contributed by atoms with van der Waals surface area (Å²) in [5.41, 5.74) is 2.69. The Morgan fingerprint density at radius 1 is 1.22 bits per heavy atom. The van der Waals surface area contributed by atoms with Crippen molar-refractivity contribution < 1.29 is 14.3 Å². The summed E-state index contributed by atoms with van der Waals surface area (Å²) < 4.78 is 10.4. The number of nitrogens with zero attached hydrogens (tertiary/aromatic N) is 2. The van der Waals surface area contributed by atoms with Gasteiger partial charge in [0.2, 0.25) is 17.7 Å². The van der Waals surface area contributed by atoms with E-state index in [-0.39, 0.29) is 11.9 Å². The quantitative estimate of drug-likeness (QED) is 0.830. The monoisotopic (exact) mass is 313 g/mol. The molecular weight excluding hydrogens is 294 g/mol. The third-order valence-corrected chi connectivity index (χ3v) is 3.41. The van der Waals surface area contributed by atoms with Crippen molar-refractivity contribution in [1.29, 1.82) is 0 Å². The molecule has 0 aliphatic heterocycles. The van der Waals surface area contributed by atoms with E-state index in [9.17, 15) is 4.79 Å². The van der Waals surface area contributed by atoms with Gasteiger partial charge in [0, 0.05) is 6.07 Å². The molecular formula is C17H19N3O3. The maximum Gasteiger partial charge on any atom is 0.243 e. The Bertz CT molecular complexity index is 699. The number of hydrogen-bond acceptors (Lipinski definition) is 5. The van der Waals surface area contributed by atoms with Crippen LogP contribution in [-0.2, 0) is 4.79 Å². The zero-order valence-corrected chi connectivity index (χ0v) is 13.4. The molecule has 6 heteroatoms. The minimum absolute atomic E-state index is 0.110. The van der Waals surface area contributed by atoms with Gasteiger partial charge in [-0.15, -0.1) is 10.2 Å². The first kappa shape index (κ1) is 16.5. The zero-order valence-electron chi connectivity index (χ0n) is 13.4. The summed E-state index contributed by atoms with van der Waals surface area (Å²) in [4.78, 5) is 11.4. The summed E-state index contributed by atoms with van der Waals surface area (Å²) in [6.45, 7) is 5.36. The summed E-state index contributed by atoms with van der Waals surface area (Å²) in [7, 11) is 3.08. The number of nitrogens with one attached hydrogen (secondary N) is 1. The molecule has 1 amide bonds. The summed E-state index contributed by atoms with van der Waals surface area (Å²) in [6.07, 6.45) is 1.25. The van der Waals surface area contributed by atoms with E-state index in [1.54, 1.807) is 13.2 Å². The molecule has 0 radical (unpaired) electrons. The number of hydrogen-bond donors (Lipinski definition) is 1. The fourth-order valence-corrected chi connectivity index (χ4v) is 2.13. The zero-order chi connectivity index (χ0) is 16.8. The second-order valence-corrected chi connectivity index (χ2v) is 4.87. The lowest BCUT2D eigenvalue weighted by Crippen LogP contribution is -2.24. The summed E-state index contributed by atoms with van der Waals surface area (Å²) >= 11 is 0. The number of carbonyl (C=O) groups is 1. The van der Waals surface area contributed by atoms with Crippen molar-refractivity contribution >= 4 is 5.91 Å². The average molecular weight is 313 g/mol. The first-order valence-corrected chi connectivity index (χ1v) is 7.08. The Hall–Kier alpha value is -2.89. The lowest BCUT2D eigenvalue weighted by Gasteiger charge is -2.14. The normalized spacial score (nSPS) is 11.4. The van der Waals surface area contributed by atoms with Crippen LogP contribution >= 0.6 is 0 Å². The van der Waals surface area contributed by atoms with Crippen LogP contribution in [0.3, 0.4) is 0 Å². The molecule has 0 saturated heterocycles. The molecule has 1 aromatic heterocycles. The van der Waals surface area contributed by atoms with Gasteiger partial charge in [0.25, 0.3) is 0 Å². The van der Waals surface area contributed by atoms with Crippen LogP contribution in [0.25, 0.3) is 11.1 Å². The molecule has 0 bridgehead atoms. The Labute approximate surface area is 135 Å². The number of ether oxygens (including phenoxy) is 2. The largest absolute Gasteiger partial charge is 0.480 e. The smallest absolute Gasteiger partial charge is 0.243 e. The van der Waals surface area contributed by atoms with E-state index in [1.807, 2.05) is 31.2 Å². The lowest BCUT2D eigenvalue weighted by atomic mass is 10.0.